The number of nitrogens with zero attached hydrogens (tertiary/aromatic N) is 2. The highest BCUT2D eigenvalue weighted by Crippen LogP contribution is 2.29. The number of carbonyl (C=O) groups excluding carboxylic acids is 2. The summed E-state index contributed by atoms with van der Waals surface area (Å²) >= 11 is 0. The molecule has 0 spiro atoms. The Bertz CT molecular complexity index is 989. The molecule has 1 aromatic heterocycles. The number of rotatable bonds is 2. The van der Waals surface area contributed by atoms with Gasteiger partial charge in [-0.1, -0.05) is 18.2 Å². The maximum absolute atomic E-state index is 12.5. The lowest BCUT2D eigenvalue weighted by Gasteiger charge is -2.29. The van der Waals surface area contributed by atoms with Gasteiger partial charge in [-0.15, -0.1) is 5.11 Å². The Hall–Kier alpha value is -3.09. The third-order valence-corrected chi connectivity index (χ3v) is 4.52. The van der Waals surface area contributed by atoms with Crippen molar-refractivity contribution in [2.45, 2.75) is 31.3 Å². The highest BCUT2D eigenvalue weighted by atomic mass is 16.4. The van der Waals surface area contributed by atoms with Gasteiger partial charge in [0.15, 0.2) is 0 Å². The largest absolute Gasteiger partial charge is 0.422 e. The number of para-hydroxylation sites is 1. The van der Waals surface area contributed by atoms with Gasteiger partial charge in [-0.05, 0) is 37.0 Å². The summed E-state index contributed by atoms with van der Waals surface area (Å²) < 4.78 is 5.20. The van der Waals surface area contributed by atoms with E-state index in [2.05, 4.69) is 15.5 Å². The Morgan fingerprint density at radius 1 is 1.20 bits per heavy atom. The van der Waals surface area contributed by atoms with Gasteiger partial charge in [-0.3, -0.25) is 9.59 Å². The molecule has 1 N–H and O–H groups in total. The lowest BCUT2D eigenvalue weighted by molar-refractivity contribution is -0.114. The Morgan fingerprint density at radius 2 is 2.04 bits per heavy atom. The van der Waals surface area contributed by atoms with Gasteiger partial charge in [-0.2, -0.15) is 5.11 Å². The first-order valence-electron chi connectivity index (χ1n) is 8.09. The predicted octanol–water partition coefficient (Wildman–Crippen LogP) is 2.36. The van der Waals surface area contributed by atoms with E-state index < -0.39 is 11.5 Å². The standard InChI is InChI=1S/C18H15N3O4/c22-16-9-11-7-12(5-6-14(11)20-21-16)19-17(23)13-8-10-3-1-2-4-15(10)25-18(13)24/h1-4,8-9,12,14H,5-7H2,(H,19,23). The van der Waals surface area contributed by atoms with E-state index >= 15 is 0 Å². The van der Waals surface area contributed by atoms with Crippen molar-refractivity contribution in [1.82, 2.24) is 5.32 Å². The molecule has 2 atom stereocenters. The molecule has 1 saturated carbocycles. The minimum absolute atomic E-state index is 0.0192. The Morgan fingerprint density at radius 3 is 2.92 bits per heavy atom. The van der Waals surface area contributed by atoms with Crippen LogP contribution >= 0.6 is 0 Å². The number of fused-ring (bicyclic) bond motifs is 2. The molecule has 1 aliphatic heterocycles. The van der Waals surface area contributed by atoms with E-state index in [4.69, 9.17) is 4.42 Å². The van der Waals surface area contributed by atoms with Crippen LogP contribution < -0.4 is 10.9 Å². The lowest BCUT2D eigenvalue weighted by atomic mass is 9.86. The summed E-state index contributed by atoms with van der Waals surface area (Å²) in [6.45, 7) is 0. The molecule has 126 valence electrons. The van der Waals surface area contributed by atoms with Crippen molar-refractivity contribution < 1.29 is 14.0 Å². The zero-order valence-corrected chi connectivity index (χ0v) is 13.3. The number of nitrogens with one attached hydrogen (secondary N) is 1. The van der Waals surface area contributed by atoms with Crippen LogP contribution in [0.15, 0.2) is 61.4 Å². The van der Waals surface area contributed by atoms with Crippen molar-refractivity contribution in [1.29, 1.82) is 0 Å². The van der Waals surface area contributed by atoms with Crippen LogP contribution in [0.5, 0.6) is 0 Å². The van der Waals surface area contributed by atoms with Crippen molar-refractivity contribution in [2.75, 3.05) is 0 Å². The monoisotopic (exact) mass is 337 g/mol. The van der Waals surface area contributed by atoms with Gasteiger partial charge in [0.05, 0.1) is 6.04 Å². The van der Waals surface area contributed by atoms with Gasteiger partial charge in [0.25, 0.3) is 11.8 Å². The summed E-state index contributed by atoms with van der Waals surface area (Å²) in [5.41, 5.74) is 0.642. The quantitative estimate of drug-likeness (QED) is 0.850. The summed E-state index contributed by atoms with van der Waals surface area (Å²) in [6, 6.07) is 8.36. The summed E-state index contributed by atoms with van der Waals surface area (Å²) in [5.74, 6) is -0.833. The molecule has 1 fully saturated rings. The molecule has 25 heavy (non-hydrogen) atoms. The van der Waals surface area contributed by atoms with Gasteiger partial charge in [0, 0.05) is 17.5 Å². The summed E-state index contributed by atoms with van der Waals surface area (Å²) in [4.78, 5) is 35.9. The van der Waals surface area contributed by atoms with E-state index in [0.29, 0.717) is 30.2 Å². The SMILES string of the molecule is O=C1C=C2CC(NC(=O)c3cc4ccccc4oc3=O)CCC2N=N1. The predicted molar refractivity (Wildman–Crippen MR) is 89.3 cm³/mol. The van der Waals surface area contributed by atoms with Crippen molar-refractivity contribution in [2.24, 2.45) is 10.2 Å². The fourth-order valence-electron chi connectivity index (χ4n) is 3.27. The van der Waals surface area contributed by atoms with Crippen LogP contribution in [0.4, 0.5) is 0 Å². The molecule has 7 heteroatoms. The number of benzene rings is 1. The van der Waals surface area contributed by atoms with E-state index in [1.165, 1.54) is 6.08 Å². The molecule has 1 aromatic carbocycles. The van der Waals surface area contributed by atoms with E-state index in [0.717, 1.165) is 5.57 Å². The Labute approximate surface area is 142 Å². The Kier molecular flexibility index (Phi) is 3.76. The number of hydrogen-bond acceptors (Lipinski definition) is 5. The molecule has 7 nitrogen and oxygen atoms in total. The molecule has 2 aliphatic rings. The van der Waals surface area contributed by atoms with Crippen LogP contribution in [0, 0.1) is 0 Å². The highest BCUT2D eigenvalue weighted by molar-refractivity contribution is 5.96. The molecule has 2 aromatic rings. The van der Waals surface area contributed by atoms with E-state index in [1.807, 2.05) is 6.07 Å². The minimum atomic E-state index is -0.661. The molecule has 2 heterocycles. The molecule has 2 amide bonds. The summed E-state index contributed by atoms with van der Waals surface area (Å²) in [6.07, 6.45) is 3.43. The van der Waals surface area contributed by atoms with Crippen molar-refractivity contribution in [3.05, 3.63) is 58.0 Å². The fourth-order valence-corrected chi connectivity index (χ4v) is 3.27. The van der Waals surface area contributed by atoms with Gasteiger partial charge in [-0.25, -0.2) is 4.79 Å². The van der Waals surface area contributed by atoms with Crippen LogP contribution in [0.1, 0.15) is 29.6 Å². The first-order valence-corrected chi connectivity index (χ1v) is 8.09. The summed E-state index contributed by atoms with van der Waals surface area (Å²) in [7, 11) is 0. The summed E-state index contributed by atoms with van der Waals surface area (Å²) in [5, 5.41) is 11.1. The van der Waals surface area contributed by atoms with E-state index in [-0.39, 0.29) is 23.6 Å². The van der Waals surface area contributed by atoms with Gasteiger partial charge in [0.2, 0.25) is 0 Å². The zero-order chi connectivity index (χ0) is 17.4. The van der Waals surface area contributed by atoms with Crippen LogP contribution in [-0.4, -0.2) is 23.9 Å². The van der Waals surface area contributed by atoms with Crippen LogP contribution in [0.3, 0.4) is 0 Å². The lowest BCUT2D eigenvalue weighted by Crippen LogP contribution is -2.41. The molecule has 0 radical (unpaired) electrons. The van der Waals surface area contributed by atoms with Gasteiger partial charge in [0.1, 0.15) is 11.1 Å². The molecular weight excluding hydrogens is 322 g/mol. The number of hydrogen-bond donors (Lipinski definition) is 1. The van der Waals surface area contributed by atoms with Crippen LogP contribution in [0.25, 0.3) is 11.0 Å². The van der Waals surface area contributed by atoms with Crippen LogP contribution in [-0.2, 0) is 4.79 Å². The molecule has 4 rings (SSSR count). The molecule has 0 saturated heterocycles. The third kappa shape index (κ3) is 3.00. The minimum Gasteiger partial charge on any atom is -0.422 e. The molecule has 2 unspecified atom stereocenters. The van der Waals surface area contributed by atoms with E-state index in [1.54, 1.807) is 24.3 Å². The number of amides is 2. The second-order valence-electron chi connectivity index (χ2n) is 6.23. The highest BCUT2D eigenvalue weighted by Gasteiger charge is 2.29. The van der Waals surface area contributed by atoms with E-state index in [9.17, 15) is 14.4 Å². The second-order valence-corrected chi connectivity index (χ2v) is 6.23. The third-order valence-electron chi connectivity index (χ3n) is 4.52. The second kappa shape index (κ2) is 6.08. The zero-order valence-electron chi connectivity index (χ0n) is 13.3. The fraction of sp³-hybridized carbons (Fsp3) is 0.278. The van der Waals surface area contributed by atoms with Gasteiger partial charge < -0.3 is 9.73 Å². The molecular formula is C18H15N3O4. The first kappa shape index (κ1) is 15.4. The smallest absolute Gasteiger partial charge is 0.349 e. The van der Waals surface area contributed by atoms with Crippen molar-refractivity contribution in [3.8, 4) is 0 Å². The van der Waals surface area contributed by atoms with Crippen molar-refractivity contribution in [3.63, 3.8) is 0 Å². The maximum Gasteiger partial charge on any atom is 0.349 e. The van der Waals surface area contributed by atoms with Gasteiger partial charge >= 0.3 is 5.63 Å². The molecule has 1 aliphatic carbocycles. The number of carbonyl (C=O) groups is 2. The Balaban J connectivity index is 1.54. The molecule has 0 bridgehead atoms. The van der Waals surface area contributed by atoms with Crippen LogP contribution in [0.2, 0.25) is 0 Å². The first-order chi connectivity index (χ1) is 12.1. The topological polar surface area (TPSA) is 101 Å². The maximum atomic E-state index is 12.5. The van der Waals surface area contributed by atoms with Crippen molar-refractivity contribution >= 4 is 22.8 Å². The number of azo groups is 1. The average molecular weight is 337 g/mol. The average Bonchev–Trinajstić information content (AvgIpc) is 2.60. The normalized spacial score (nSPS) is 22.4.